The van der Waals surface area contributed by atoms with Gasteiger partial charge in [0.25, 0.3) is 0 Å². The van der Waals surface area contributed by atoms with Crippen LogP contribution in [0.5, 0.6) is 0 Å². The molecule has 0 N–H and O–H groups in total. The monoisotopic (exact) mass is 680 g/mol. The summed E-state index contributed by atoms with van der Waals surface area (Å²) in [6, 6.07) is 72.5. The average molecular weight is 681 g/mol. The first kappa shape index (κ1) is 29.5. The van der Waals surface area contributed by atoms with E-state index >= 15 is 0 Å². The van der Waals surface area contributed by atoms with Gasteiger partial charge in [0.05, 0.1) is 0 Å². The molecular formula is C54H32. The molecule has 0 atom stereocenters. The van der Waals surface area contributed by atoms with Crippen molar-refractivity contribution < 1.29 is 0 Å². The van der Waals surface area contributed by atoms with Gasteiger partial charge in [-0.3, -0.25) is 0 Å². The maximum absolute atomic E-state index is 2.45. The maximum atomic E-state index is 2.45. The van der Waals surface area contributed by atoms with Gasteiger partial charge in [-0.25, -0.2) is 0 Å². The molecule has 0 fully saturated rings. The summed E-state index contributed by atoms with van der Waals surface area (Å²) in [4.78, 5) is 0. The quantitative estimate of drug-likeness (QED) is 0.129. The van der Waals surface area contributed by atoms with E-state index in [0.717, 1.165) is 0 Å². The summed E-state index contributed by atoms with van der Waals surface area (Å²) in [5, 5.41) is 20.7. The highest BCUT2D eigenvalue weighted by Crippen LogP contribution is 2.49. The SMILES string of the molecule is c1ccc(-c2ccc3c(-c4ccc5ccc6cccc7ccc4c5c67)c4ccccc4c(-c4ccc5c6ccccc6c6ccccc6c5c4)c3c2)cc1. The lowest BCUT2D eigenvalue weighted by atomic mass is 9.82. The molecule has 0 saturated heterocycles. The van der Waals surface area contributed by atoms with Crippen molar-refractivity contribution in [3.8, 4) is 33.4 Å². The van der Waals surface area contributed by atoms with Crippen LogP contribution in [-0.2, 0) is 0 Å². The normalized spacial score (nSPS) is 12.1. The molecule has 0 heteroatoms. The van der Waals surface area contributed by atoms with Crippen LogP contribution in [0.2, 0.25) is 0 Å². The summed E-state index contributed by atoms with van der Waals surface area (Å²) in [6.07, 6.45) is 0. The lowest BCUT2D eigenvalue weighted by Crippen LogP contribution is -1.93. The van der Waals surface area contributed by atoms with E-state index in [2.05, 4.69) is 194 Å². The molecular weight excluding hydrogens is 649 g/mol. The van der Waals surface area contributed by atoms with Crippen LogP contribution in [0.4, 0.5) is 0 Å². The second-order valence-electron chi connectivity index (χ2n) is 14.7. The third-order valence-electron chi connectivity index (χ3n) is 12.0. The Morgan fingerprint density at radius 1 is 0.204 bits per heavy atom. The van der Waals surface area contributed by atoms with Crippen molar-refractivity contribution in [3.05, 3.63) is 194 Å². The summed E-state index contributed by atoms with van der Waals surface area (Å²) >= 11 is 0. The van der Waals surface area contributed by atoms with Crippen molar-refractivity contribution in [2.45, 2.75) is 0 Å². The van der Waals surface area contributed by atoms with E-state index in [0.29, 0.717) is 0 Å². The van der Waals surface area contributed by atoms with Crippen molar-refractivity contribution in [2.75, 3.05) is 0 Å². The summed E-state index contributed by atoms with van der Waals surface area (Å²) in [6.45, 7) is 0. The maximum Gasteiger partial charge on any atom is -0.00201 e. The van der Waals surface area contributed by atoms with E-state index < -0.39 is 0 Å². The second-order valence-corrected chi connectivity index (χ2v) is 14.7. The molecule has 12 rings (SSSR count). The van der Waals surface area contributed by atoms with Gasteiger partial charge < -0.3 is 0 Å². The fourth-order valence-electron chi connectivity index (χ4n) is 9.61. The van der Waals surface area contributed by atoms with Gasteiger partial charge in [-0.15, -0.1) is 0 Å². The first-order chi connectivity index (χ1) is 26.8. The topological polar surface area (TPSA) is 0 Å². The smallest absolute Gasteiger partial charge is 0.00201 e. The zero-order valence-electron chi connectivity index (χ0n) is 29.5. The molecule has 0 amide bonds. The van der Waals surface area contributed by atoms with Crippen molar-refractivity contribution in [1.29, 1.82) is 0 Å². The minimum absolute atomic E-state index is 1.22. The molecule has 54 heavy (non-hydrogen) atoms. The van der Waals surface area contributed by atoms with Crippen LogP contribution in [0.1, 0.15) is 0 Å². The van der Waals surface area contributed by atoms with Gasteiger partial charge in [0.15, 0.2) is 0 Å². The highest BCUT2D eigenvalue weighted by Gasteiger charge is 2.21. The standard InChI is InChI=1S/C54H32/c1-2-11-33(12-3-1)37-25-30-48-50(31-37)52(38-26-27-43-41-17-5-4-15-39(41)40-16-6-7-18-42(40)49(43)32-38)44-19-8-9-20-45(44)54(48)47-29-24-36-22-21-34-13-10-14-35-23-28-46(47)53(36)51(34)35/h1-32H. The molecule has 0 spiro atoms. The first-order valence-electron chi connectivity index (χ1n) is 18.8. The fourth-order valence-corrected chi connectivity index (χ4v) is 9.61. The molecule has 12 aromatic rings. The lowest BCUT2D eigenvalue weighted by molar-refractivity contribution is 1.64. The Morgan fingerprint density at radius 3 is 1.37 bits per heavy atom. The molecule has 0 aromatic heterocycles. The van der Waals surface area contributed by atoms with Crippen molar-refractivity contribution >= 4 is 86.2 Å². The zero-order chi connectivity index (χ0) is 35.3. The van der Waals surface area contributed by atoms with Gasteiger partial charge >= 0.3 is 0 Å². The Morgan fingerprint density at radius 2 is 0.667 bits per heavy atom. The zero-order valence-corrected chi connectivity index (χ0v) is 29.5. The highest BCUT2D eigenvalue weighted by molar-refractivity contribution is 6.31. The molecule has 0 aliphatic rings. The number of benzene rings is 12. The van der Waals surface area contributed by atoms with E-state index in [9.17, 15) is 0 Å². The number of hydrogen-bond acceptors (Lipinski definition) is 0. The van der Waals surface area contributed by atoms with E-state index in [4.69, 9.17) is 0 Å². The fraction of sp³-hybridized carbons (Fsp3) is 0. The van der Waals surface area contributed by atoms with Crippen molar-refractivity contribution in [1.82, 2.24) is 0 Å². The molecule has 248 valence electrons. The van der Waals surface area contributed by atoms with E-state index in [-0.39, 0.29) is 0 Å². The van der Waals surface area contributed by atoms with Crippen LogP contribution in [0.3, 0.4) is 0 Å². The lowest BCUT2D eigenvalue weighted by Gasteiger charge is -2.21. The average Bonchev–Trinajstić information content (AvgIpc) is 3.25. The predicted molar refractivity (Wildman–Crippen MR) is 234 cm³/mol. The van der Waals surface area contributed by atoms with Gasteiger partial charge in [0, 0.05) is 0 Å². The molecule has 0 unspecified atom stereocenters. The van der Waals surface area contributed by atoms with Crippen LogP contribution in [-0.4, -0.2) is 0 Å². The molecule has 12 aromatic carbocycles. The van der Waals surface area contributed by atoms with Gasteiger partial charge in [-0.2, -0.15) is 0 Å². The summed E-state index contributed by atoms with van der Waals surface area (Å²) in [7, 11) is 0. The van der Waals surface area contributed by atoms with Crippen molar-refractivity contribution in [2.24, 2.45) is 0 Å². The Bertz CT molecular complexity index is 3430. The summed E-state index contributed by atoms with van der Waals surface area (Å²) in [5.74, 6) is 0. The largest absolute Gasteiger partial charge is 0.0622 e. The summed E-state index contributed by atoms with van der Waals surface area (Å²) in [5.41, 5.74) is 7.52. The van der Waals surface area contributed by atoms with Crippen LogP contribution in [0.15, 0.2) is 194 Å². The summed E-state index contributed by atoms with van der Waals surface area (Å²) < 4.78 is 0. The van der Waals surface area contributed by atoms with Crippen LogP contribution in [0, 0.1) is 0 Å². The van der Waals surface area contributed by atoms with E-state index in [1.54, 1.807) is 0 Å². The predicted octanol–water partition coefficient (Wildman–Crippen LogP) is 15.4. The van der Waals surface area contributed by atoms with Gasteiger partial charge in [-0.1, -0.05) is 182 Å². The van der Waals surface area contributed by atoms with Gasteiger partial charge in [0.1, 0.15) is 0 Å². The molecule has 0 bridgehead atoms. The molecule has 0 aliphatic heterocycles. The number of fused-ring (bicyclic) bond motifs is 8. The minimum Gasteiger partial charge on any atom is -0.0622 e. The Hall–Kier alpha value is -7.02. The molecule has 0 radical (unpaired) electrons. The van der Waals surface area contributed by atoms with Crippen molar-refractivity contribution in [3.63, 3.8) is 0 Å². The van der Waals surface area contributed by atoms with Gasteiger partial charge in [-0.05, 0) is 132 Å². The molecule has 0 aliphatic carbocycles. The van der Waals surface area contributed by atoms with Crippen LogP contribution >= 0.6 is 0 Å². The highest BCUT2D eigenvalue weighted by atomic mass is 14.2. The molecule has 0 saturated carbocycles. The van der Waals surface area contributed by atoms with Crippen LogP contribution in [0.25, 0.3) is 120 Å². The number of hydrogen-bond donors (Lipinski definition) is 0. The third kappa shape index (κ3) is 4.14. The minimum atomic E-state index is 1.22. The molecule has 0 heterocycles. The van der Waals surface area contributed by atoms with E-state index in [1.165, 1.54) is 120 Å². The first-order valence-corrected chi connectivity index (χ1v) is 18.8. The Kier molecular flexibility index (Phi) is 6.15. The van der Waals surface area contributed by atoms with Gasteiger partial charge in [0.2, 0.25) is 0 Å². The van der Waals surface area contributed by atoms with E-state index in [1.807, 2.05) is 0 Å². The molecule has 0 nitrogen and oxygen atoms in total. The number of rotatable bonds is 3. The van der Waals surface area contributed by atoms with Crippen LogP contribution < -0.4 is 0 Å². The second kappa shape index (κ2) is 11.2. The Balaban J connectivity index is 1.23. The Labute approximate surface area is 312 Å². The third-order valence-corrected chi connectivity index (χ3v) is 12.0.